The van der Waals surface area contributed by atoms with Gasteiger partial charge in [0.25, 0.3) is 0 Å². The zero-order valence-corrected chi connectivity index (χ0v) is 12.7. The second kappa shape index (κ2) is 6.43. The maximum Gasteiger partial charge on any atom is 0.303 e. The van der Waals surface area contributed by atoms with E-state index in [0.29, 0.717) is 10.8 Å². The Morgan fingerprint density at radius 1 is 1.38 bits per heavy atom. The van der Waals surface area contributed by atoms with E-state index in [1.54, 1.807) is 6.07 Å². The Labute approximate surface area is 128 Å². The van der Waals surface area contributed by atoms with E-state index in [4.69, 9.17) is 16.7 Å². The lowest BCUT2D eigenvalue weighted by atomic mass is 9.79. The van der Waals surface area contributed by atoms with Gasteiger partial charge in [-0.1, -0.05) is 24.4 Å². The number of carboxylic acids is 1. The van der Waals surface area contributed by atoms with Gasteiger partial charge in [-0.3, -0.25) is 9.59 Å². The monoisotopic (exact) mass is 310 g/mol. The van der Waals surface area contributed by atoms with E-state index < -0.39 is 11.4 Å². The van der Waals surface area contributed by atoms with Crippen LogP contribution in [0.15, 0.2) is 12.3 Å². The summed E-state index contributed by atoms with van der Waals surface area (Å²) >= 11 is 5.85. The molecule has 1 aromatic rings. The van der Waals surface area contributed by atoms with Crippen molar-refractivity contribution in [2.45, 2.75) is 45.4 Å². The summed E-state index contributed by atoms with van der Waals surface area (Å²) in [4.78, 5) is 27.2. The molecule has 2 N–H and O–H groups in total. The van der Waals surface area contributed by atoms with Crippen LogP contribution in [-0.4, -0.2) is 22.0 Å². The maximum atomic E-state index is 12.2. The number of carbonyl (C=O) groups excluding carboxylic acids is 1. The fourth-order valence-electron chi connectivity index (χ4n) is 3.03. The van der Waals surface area contributed by atoms with Crippen LogP contribution in [0.1, 0.15) is 44.1 Å². The van der Waals surface area contributed by atoms with Gasteiger partial charge in [-0.05, 0) is 36.8 Å². The van der Waals surface area contributed by atoms with Crippen LogP contribution in [0.2, 0.25) is 5.15 Å². The molecule has 1 saturated carbocycles. The Morgan fingerprint density at radius 2 is 2.05 bits per heavy atom. The fraction of sp³-hybridized carbons (Fsp3) is 0.533. The number of amides is 1. The van der Waals surface area contributed by atoms with Crippen LogP contribution in [0, 0.1) is 12.3 Å². The lowest BCUT2D eigenvalue weighted by molar-refractivity contribution is -0.140. The van der Waals surface area contributed by atoms with Crippen LogP contribution in [0.3, 0.4) is 0 Å². The van der Waals surface area contributed by atoms with Gasteiger partial charge in [-0.15, -0.1) is 0 Å². The van der Waals surface area contributed by atoms with Gasteiger partial charge in [-0.25, -0.2) is 4.98 Å². The van der Waals surface area contributed by atoms with E-state index in [1.165, 1.54) is 6.20 Å². The standard InChI is InChI=1S/C15H19ClN2O3/c1-10-6-11(9-17-14(10)16)18-12(19)7-15(8-13(20)21)4-2-3-5-15/h6,9H,2-5,7-8H2,1H3,(H,18,19)(H,20,21). The van der Waals surface area contributed by atoms with Crippen molar-refractivity contribution >= 4 is 29.2 Å². The van der Waals surface area contributed by atoms with E-state index in [1.807, 2.05) is 6.92 Å². The quantitative estimate of drug-likeness (QED) is 0.817. The van der Waals surface area contributed by atoms with E-state index in [2.05, 4.69) is 10.3 Å². The molecule has 1 fully saturated rings. The largest absolute Gasteiger partial charge is 0.481 e. The van der Waals surface area contributed by atoms with E-state index in [0.717, 1.165) is 31.2 Å². The molecule has 0 radical (unpaired) electrons. The molecule has 0 spiro atoms. The molecule has 114 valence electrons. The summed E-state index contributed by atoms with van der Waals surface area (Å²) in [6.07, 6.45) is 5.37. The first kappa shape index (κ1) is 15.8. The molecule has 0 unspecified atom stereocenters. The van der Waals surface area contributed by atoms with Crippen molar-refractivity contribution in [3.05, 3.63) is 23.0 Å². The molecule has 2 rings (SSSR count). The highest BCUT2D eigenvalue weighted by molar-refractivity contribution is 6.30. The number of nitrogens with one attached hydrogen (secondary N) is 1. The molecule has 1 aromatic heterocycles. The van der Waals surface area contributed by atoms with E-state index in [-0.39, 0.29) is 18.7 Å². The van der Waals surface area contributed by atoms with Crippen LogP contribution in [-0.2, 0) is 9.59 Å². The van der Waals surface area contributed by atoms with Crippen molar-refractivity contribution in [1.29, 1.82) is 0 Å². The maximum absolute atomic E-state index is 12.2. The summed E-state index contributed by atoms with van der Waals surface area (Å²) in [6.45, 7) is 1.81. The van der Waals surface area contributed by atoms with Gasteiger partial charge >= 0.3 is 5.97 Å². The van der Waals surface area contributed by atoms with Gasteiger partial charge in [0.1, 0.15) is 5.15 Å². The predicted molar refractivity (Wildman–Crippen MR) is 80.4 cm³/mol. The first-order chi connectivity index (χ1) is 9.90. The van der Waals surface area contributed by atoms with Crippen molar-refractivity contribution in [2.75, 3.05) is 5.32 Å². The van der Waals surface area contributed by atoms with Crippen LogP contribution >= 0.6 is 11.6 Å². The minimum atomic E-state index is -0.839. The normalized spacial score (nSPS) is 16.7. The lowest BCUT2D eigenvalue weighted by Crippen LogP contribution is -2.27. The number of nitrogens with zero attached hydrogens (tertiary/aromatic N) is 1. The predicted octanol–water partition coefficient (Wildman–Crippen LogP) is 3.41. The van der Waals surface area contributed by atoms with Gasteiger partial charge in [0.15, 0.2) is 0 Å². The molecule has 0 atom stereocenters. The Bertz CT molecular complexity index is 554. The van der Waals surface area contributed by atoms with Gasteiger partial charge in [0.05, 0.1) is 18.3 Å². The minimum Gasteiger partial charge on any atom is -0.481 e. The van der Waals surface area contributed by atoms with Gasteiger partial charge in [-0.2, -0.15) is 0 Å². The second-order valence-corrected chi connectivity index (χ2v) is 6.19. The van der Waals surface area contributed by atoms with E-state index >= 15 is 0 Å². The number of carbonyl (C=O) groups is 2. The Hall–Kier alpha value is -1.62. The van der Waals surface area contributed by atoms with Crippen LogP contribution in [0.4, 0.5) is 5.69 Å². The third kappa shape index (κ3) is 4.17. The summed E-state index contributed by atoms with van der Waals surface area (Å²) in [5.74, 6) is -1.00. The lowest BCUT2D eigenvalue weighted by Gasteiger charge is -2.26. The molecule has 21 heavy (non-hydrogen) atoms. The van der Waals surface area contributed by atoms with Crippen molar-refractivity contribution in [3.8, 4) is 0 Å². The number of rotatable bonds is 5. The van der Waals surface area contributed by atoms with Crippen LogP contribution in [0.5, 0.6) is 0 Å². The summed E-state index contributed by atoms with van der Waals surface area (Å²) in [6, 6.07) is 1.76. The van der Waals surface area contributed by atoms with Crippen molar-refractivity contribution < 1.29 is 14.7 Å². The van der Waals surface area contributed by atoms with E-state index in [9.17, 15) is 9.59 Å². The van der Waals surface area contributed by atoms with Crippen molar-refractivity contribution in [3.63, 3.8) is 0 Å². The molecule has 0 bridgehead atoms. The summed E-state index contributed by atoms with van der Waals surface area (Å²) in [5.41, 5.74) is 0.978. The smallest absolute Gasteiger partial charge is 0.303 e. The molecule has 0 aromatic carbocycles. The fourth-order valence-corrected chi connectivity index (χ4v) is 3.14. The Kier molecular flexibility index (Phi) is 4.83. The summed E-state index contributed by atoms with van der Waals surface area (Å²) < 4.78 is 0. The van der Waals surface area contributed by atoms with Gasteiger partial charge in [0.2, 0.25) is 5.91 Å². The number of carboxylic acid groups (broad SMARTS) is 1. The first-order valence-electron chi connectivity index (χ1n) is 7.04. The average molecular weight is 311 g/mol. The Balaban J connectivity index is 2.02. The highest BCUT2D eigenvalue weighted by Crippen LogP contribution is 2.44. The molecule has 1 aliphatic rings. The number of aliphatic carboxylic acids is 1. The van der Waals surface area contributed by atoms with Gasteiger partial charge in [0, 0.05) is 6.42 Å². The number of aryl methyl sites for hydroxylation is 1. The molecular weight excluding hydrogens is 292 g/mol. The summed E-state index contributed by atoms with van der Waals surface area (Å²) in [7, 11) is 0. The zero-order valence-electron chi connectivity index (χ0n) is 12.0. The first-order valence-corrected chi connectivity index (χ1v) is 7.42. The average Bonchev–Trinajstić information content (AvgIpc) is 2.80. The number of aromatic nitrogens is 1. The number of halogens is 1. The molecular formula is C15H19ClN2O3. The molecule has 1 amide bonds. The van der Waals surface area contributed by atoms with Crippen molar-refractivity contribution in [2.24, 2.45) is 5.41 Å². The minimum absolute atomic E-state index is 0.0539. The zero-order chi connectivity index (χ0) is 15.5. The summed E-state index contributed by atoms with van der Waals surface area (Å²) in [5, 5.41) is 12.2. The molecule has 0 aliphatic heterocycles. The topological polar surface area (TPSA) is 79.3 Å². The van der Waals surface area contributed by atoms with Crippen LogP contribution in [0.25, 0.3) is 0 Å². The molecule has 1 aliphatic carbocycles. The van der Waals surface area contributed by atoms with Gasteiger partial charge < -0.3 is 10.4 Å². The highest BCUT2D eigenvalue weighted by atomic mass is 35.5. The third-order valence-corrected chi connectivity index (χ3v) is 4.42. The third-order valence-electron chi connectivity index (χ3n) is 4.02. The highest BCUT2D eigenvalue weighted by Gasteiger charge is 2.37. The second-order valence-electron chi connectivity index (χ2n) is 5.83. The van der Waals surface area contributed by atoms with Crippen LogP contribution < -0.4 is 5.32 Å². The molecule has 6 heteroatoms. The SMILES string of the molecule is Cc1cc(NC(=O)CC2(CC(=O)O)CCCC2)cnc1Cl. The number of hydrogen-bond acceptors (Lipinski definition) is 3. The molecule has 5 nitrogen and oxygen atoms in total. The number of anilines is 1. The molecule has 0 saturated heterocycles. The number of hydrogen-bond donors (Lipinski definition) is 2. The molecule has 1 heterocycles. The number of pyridine rings is 1. The Morgan fingerprint density at radius 3 is 2.62 bits per heavy atom. The van der Waals surface area contributed by atoms with Crippen molar-refractivity contribution in [1.82, 2.24) is 4.98 Å².